The van der Waals surface area contributed by atoms with Gasteiger partial charge in [0.05, 0.1) is 4.90 Å². The lowest BCUT2D eigenvalue weighted by atomic mass is 9.95. The van der Waals surface area contributed by atoms with Gasteiger partial charge in [0.25, 0.3) is 0 Å². The molecule has 3 rings (SSSR count). The molecule has 0 atom stereocenters. The average molecular weight is 309 g/mol. The highest BCUT2D eigenvalue weighted by Gasteiger charge is 2.11. The zero-order valence-electron chi connectivity index (χ0n) is 11.8. The Morgan fingerprint density at radius 3 is 1.82 bits per heavy atom. The number of sulfonamides is 1. The minimum atomic E-state index is -3.71. The van der Waals surface area contributed by atoms with Crippen molar-refractivity contribution in [2.75, 3.05) is 0 Å². The summed E-state index contributed by atoms with van der Waals surface area (Å²) in [6, 6.07) is 24.6. The fraction of sp³-hybridized carbons (Fsp3) is 0. The summed E-state index contributed by atoms with van der Waals surface area (Å²) in [7, 11) is -3.71. The lowest BCUT2D eigenvalue weighted by molar-refractivity contribution is 0.598. The molecule has 0 aliphatic rings. The second-order valence-electron chi connectivity index (χ2n) is 4.98. The number of primary sulfonamides is 1. The van der Waals surface area contributed by atoms with Crippen LogP contribution in [-0.2, 0) is 10.0 Å². The van der Waals surface area contributed by atoms with Gasteiger partial charge in [0.15, 0.2) is 0 Å². The molecule has 0 aromatic heterocycles. The van der Waals surface area contributed by atoms with Gasteiger partial charge in [-0.2, -0.15) is 0 Å². The van der Waals surface area contributed by atoms with E-state index in [0.717, 1.165) is 22.3 Å². The van der Waals surface area contributed by atoms with Crippen LogP contribution in [0.5, 0.6) is 0 Å². The molecule has 0 saturated carbocycles. The summed E-state index contributed by atoms with van der Waals surface area (Å²) >= 11 is 0. The van der Waals surface area contributed by atoms with Crippen LogP contribution >= 0.6 is 0 Å². The van der Waals surface area contributed by atoms with Gasteiger partial charge in [0.2, 0.25) is 10.0 Å². The first-order valence-corrected chi connectivity index (χ1v) is 8.38. The van der Waals surface area contributed by atoms with E-state index in [0.29, 0.717) is 0 Å². The molecule has 2 N–H and O–H groups in total. The van der Waals surface area contributed by atoms with Gasteiger partial charge in [-0.3, -0.25) is 0 Å². The van der Waals surface area contributed by atoms with Crippen molar-refractivity contribution in [1.82, 2.24) is 0 Å². The van der Waals surface area contributed by atoms with Gasteiger partial charge in [0, 0.05) is 0 Å². The quantitative estimate of drug-likeness (QED) is 0.802. The molecule has 0 aliphatic carbocycles. The molecule has 0 bridgehead atoms. The van der Waals surface area contributed by atoms with Gasteiger partial charge >= 0.3 is 0 Å². The van der Waals surface area contributed by atoms with Crippen LogP contribution in [0.3, 0.4) is 0 Å². The van der Waals surface area contributed by atoms with Crippen molar-refractivity contribution in [2.24, 2.45) is 5.14 Å². The third-order valence-electron chi connectivity index (χ3n) is 3.49. The molecule has 0 spiro atoms. The van der Waals surface area contributed by atoms with Crippen molar-refractivity contribution in [2.45, 2.75) is 4.90 Å². The highest BCUT2D eigenvalue weighted by molar-refractivity contribution is 7.89. The summed E-state index contributed by atoms with van der Waals surface area (Å²) < 4.78 is 23.1. The van der Waals surface area contributed by atoms with E-state index in [-0.39, 0.29) is 4.90 Å². The Morgan fingerprint density at radius 1 is 0.636 bits per heavy atom. The SMILES string of the molecule is NS(=O)(=O)c1cccc(-c2ccccc2-c2ccccc2)c1. The van der Waals surface area contributed by atoms with E-state index >= 15 is 0 Å². The molecule has 3 nitrogen and oxygen atoms in total. The molecule has 4 heteroatoms. The summed E-state index contributed by atoms with van der Waals surface area (Å²) in [5.74, 6) is 0. The predicted molar refractivity (Wildman–Crippen MR) is 88.7 cm³/mol. The van der Waals surface area contributed by atoms with E-state index < -0.39 is 10.0 Å². The van der Waals surface area contributed by atoms with Gasteiger partial charge < -0.3 is 0 Å². The highest BCUT2D eigenvalue weighted by Crippen LogP contribution is 2.32. The van der Waals surface area contributed by atoms with Crippen LogP contribution in [0.1, 0.15) is 0 Å². The topological polar surface area (TPSA) is 60.2 Å². The van der Waals surface area contributed by atoms with Crippen molar-refractivity contribution >= 4 is 10.0 Å². The van der Waals surface area contributed by atoms with E-state index in [4.69, 9.17) is 5.14 Å². The fourth-order valence-corrected chi connectivity index (χ4v) is 3.00. The third kappa shape index (κ3) is 2.93. The van der Waals surface area contributed by atoms with E-state index in [1.54, 1.807) is 12.1 Å². The minimum absolute atomic E-state index is 0.118. The van der Waals surface area contributed by atoms with Gasteiger partial charge in [-0.1, -0.05) is 66.7 Å². The van der Waals surface area contributed by atoms with E-state index in [2.05, 4.69) is 0 Å². The molecule has 3 aromatic carbocycles. The zero-order chi connectivity index (χ0) is 15.6. The number of hydrogen-bond acceptors (Lipinski definition) is 2. The molecular formula is C18H15NO2S. The number of rotatable bonds is 3. The Morgan fingerprint density at radius 2 is 1.18 bits per heavy atom. The molecule has 0 radical (unpaired) electrons. The lowest BCUT2D eigenvalue weighted by Gasteiger charge is -2.11. The maximum Gasteiger partial charge on any atom is 0.238 e. The Bertz CT molecular complexity index is 903. The summed E-state index contributed by atoms with van der Waals surface area (Å²) in [6.07, 6.45) is 0. The Labute approximate surface area is 130 Å². The number of hydrogen-bond donors (Lipinski definition) is 1. The summed E-state index contributed by atoms with van der Waals surface area (Å²) in [6.45, 7) is 0. The van der Waals surface area contributed by atoms with Crippen LogP contribution in [0.25, 0.3) is 22.3 Å². The third-order valence-corrected chi connectivity index (χ3v) is 4.40. The van der Waals surface area contributed by atoms with Crippen molar-refractivity contribution in [3.05, 3.63) is 78.9 Å². The first-order chi connectivity index (χ1) is 10.6. The largest absolute Gasteiger partial charge is 0.238 e. The maximum absolute atomic E-state index is 11.5. The highest BCUT2D eigenvalue weighted by atomic mass is 32.2. The molecule has 0 unspecified atom stereocenters. The fourth-order valence-electron chi connectivity index (χ4n) is 2.44. The predicted octanol–water partition coefficient (Wildman–Crippen LogP) is 3.67. The number of nitrogens with two attached hydrogens (primary N) is 1. The molecule has 110 valence electrons. The average Bonchev–Trinajstić information content (AvgIpc) is 2.55. The van der Waals surface area contributed by atoms with Crippen LogP contribution < -0.4 is 5.14 Å². The minimum Gasteiger partial charge on any atom is -0.225 e. The molecule has 0 heterocycles. The number of benzene rings is 3. The van der Waals surface area contributed by atoms with Crippen LogP contribution in [0.4, 0.5) is 0 Å². The first kappa shape index (κ1) is 14.5. The van der Waals surface area contributed by atoms with E-state index in [1.807, 2.05) is 60.7 Å². The normalized spacial score (nSPS) is 11.3. The van der Waals surface area contributed by atoms with Gasteiger partial charge in [0.1, 0.15) is 0 Å². The molecule has 0 aliphatic heterocycles. The maximum atomic E-state index is 11.5. The second-order valence-corrected chi connectivity index (χ2v) is 6.55. The Hall–Kier alpha value is -2.43. The summed E-state index contributed by atoms with van der Waals surface area (Å²) in [5.41, 5.74) is 3.93. The van der Waals surface area contributed by atoms with Crippen LogP contribution in [0, 0.1) is 0 Å². The standard InChI is InChI=1S/C18H15NO2S/c19-22(20,21)16-10-6-9-15(13-16)18-12-5-4-11-17(18)14-7-2-1-3-8-14/h1-13H,(H2,19,20,21). The van der Waals surface area contributed by atoms with Gasteiger partial charge in [-0.05, 0) is 34.4 Å². The van der Waals surface area contributed by atoms with Gasteiger partial charge in [-0.15, -0.1) is 0 Å². The zero-order valence-corrected chi connectivity index (χ0v) is 12.6. The second kappa shape index (κ2) is 5.75. The van der Waals surface area contributed by atoms with Crippen molar-refractivity contribution in [1.29, 1.82) is 0 Å². The van der Waals surface area contributed by atoms with Gasteiger partial charge in [-0.25, -0.2) is 13.6 Å². The van der Waals surface area contributed by atoms with E-state index in [9.17, 15) is 8.42 Å². The monoisotopic (exact) mass is 309 g/mol. The van der Waals surface area contributed by atoms with E-state index in [1.165, 1.54) is 6.07 Å². The van der Waals surface area contributed by atoms with Crippen molar-refractivity contribution < 1.29 is 8.42 Å². The molecule has 22 heavy (non-hydrogen) atoms. The Balaban J connectivity index is 2.18. The lowest BCUT2D eigenvalue weighted by Crippen LogP contribution is -2.11. The molecule has 0 saturated heterocycles. The van der Waals surface area contributed by atoms with Crippen molar-refractivity contribution in [3.8, 4) is 22.3 Å². The molecular weight excluding hydrogens is 294 g/mol. The Kier molecular flexibility index (Phi) is 3.79. The van der Waals surface area contributed by atoms with Crippen LogP contribution in [-0.4, -0.2) is 8.42 Å². The van der Waals surface area contributed by atoms with Crippen LogP contribution in [0.2, 0.25) is 0 Å². The van der Waals surface area contributed by atoms with Crippen molar-refractivity contribution in [3.63, 3.8) is 0 Å². The molecule has 3 aromatic rings. The summed E-state index contributed by atoms with van der Waals surface area (Å²) in [4.78, 5) is 0.118. The molecule has 0 fully saturated rings. The summed E-state index contributed by atoms with van der Waals surface area (Å²) in [5, 5.41) is 5.23. The first-order valence-electron chi connectivity index (χ1n) is 6.83. The molecule has 0 amide bonds. The smallest absolute Gasteiger partial charge is 0.225 e. The van der Waals surface area contributed by atoms with Crippen LogP contribution in [0.15, 0.2) is 83.8 Å².